The van der Waals surface area contributed by atoms with Gasteiger partial charge in [-0.2, -0.15) is 13.2 Å². The summed E-state index contributed by atoms with van der Waals surface area (Å²) < 4.78 is 38.0. The van der Waals surface area contributed by atoms with Crippen LogP contribution in [0.25, 0.3) is 0 Å². The molecule has 2 N–H and O–H groups in total. The number of hydrogen-bond acceptors (Lipinski definition) is 1. The Morgan fingerprint density at radius 2 is 1.83 bits per heavy atom. The van der Waals surface area contributed by atoms with Crippen molar-refractivity contribution < 1.29 is 13.2 Å². The lowest BCUT2D eigenvalue weighted by molar-refractivity contribution is -0.137. The van der Waals surface area contributed by atoms with Gasteiger partial charge in [0.15, 0.2) is 0 Å². The average molecular weight is 259 g/mol. The van der Waals surface area contributed by atoms with Gasteiger partial charge in [0.1, 0.15) is 0 Å². The zero-order chi connectivity index (χ0) is 13.8. The Kier molecular flexibility index (Phi) is 5.20. The molecule has 0 aliphatic heterocycles. The van der Waals surface area contributed by atoms with Crippen LogP contribution in [0.1, 0.15) is 49.3 Å². The largest absolute Gasteiger partial charge is 0.416 e. The fourth-order valence-electron chi connectivity index (χ4n) is 2.00. The Morgan fingerprint density at radius 1 is 1.17 bits per heavy atom. The summed E-state index contributed by atoms with van der Waals surface area (Å²) >= 11 is 0. The van der Waals surface area contributed by atoms with E-state index in [1.807, 2.05) is 13.8 Å². The maximum atomic E-state index is 12.7. The normalized spacial score (nSPS) is 12.2. The Morgan fingerprint density at radius 3 is 2.33 bits per heavy atom. The van der Waals surface area contributed by atoms with Gasteiger partial charge in [-0.05, 0) is 55.0 Å². The molecule has 1 aromatic rings. The van der Waals surface area contributed by atoms with Crippen molar-refractivity contribution >= 4 is 0 Å². The van der Waals surface area contributed by atoms with E-state index in [1.165, 1.54) is 12.1 Å². The van der Waals surface area contributed by atoms with Crippen LogP contribution in [0.4, 0.5) is 13.2 Å². The number of alkyl halides is 3. The van der Waals surface area contributed by atoms with E-state index in [2.05, 4.69) is 0 Å². The van der Waals surface area contributed by atoms with Crippen LogP contribution in [-0.4, -0.2) is 6.54 Å². The minimum Gasteiger partial charge on any atom is -0.330 e. The summed E-state index contributed by atoms with van der Waals surface area (Å²) in [6, 6.07) is 4.06. The second kappa shape index (κ2) is 6.23. The molecule has 1 aromatic carbocycles. The Bertz CT molecular complexity index is 383. The number of unbranched alkanes of at least 4 members (excludes halogenated alkanes) is 1. The molecule has 0 fully saturated rings. The number of hydrogen-bond donors (Lipinski definition) is 1. The van der Waals surface area contributed by atoms with Crippen molar-refractivity contribution in [2.45, 2.75) is 45.2 Å². The monoisotopic (exact) mass is 259 g/mol. The van der Waals surface area contributed by atoms with Gasteiger partial charge in [0.05, 0.1) is 5.56 Å². The molecule has 18 heavy (non-hydrogen) atoms. The van der Waals surface area contributed by atoms with Gasteiger partial charge in [-0.3, -0.25) is 0 Å². The lowest BCUT2D eigenvalue weighted by atomic mass is 9.92. The Balaban J connectivity index is 2.98. The van der Waals surface area contributed by atoms with Crippen molar-refractivity contribution in [1.29, 1.82) is 0 Å². The van der Waals surface area contributed by atoms with Gasteiger partial charge in [0.2, 0.25) is 0 Å². The van der Waals surface area contributed by atoms with Crippen LogP contribution in [0.5, 0.6) is 0 Å². The molecular weight excluding hydrogens is 239 g/mol. The van der Waals surface area contributed by atoms with Crippen molar-refractivity contribution in [2.24, 2.45) is 5.73 Å². The number of halogens is 3. The molecule has 0 atom stereocenters. The third-order valence-corrected chi connectivity index (χ3v) is 3.00. The van der Waals surface area contributed by atoms with Crippen molar-refractivity contribution in [2.75, 3.05) is 6.54 Å². The van der Waals surface area contributed by atoms with Gasteiger partial charge in [0, 0.05) is 0 Å². The van der Waals surface area contributed by atoms with Crippen molar-refractivity contribution in [1.82, 2.24) is 0 Å². The smallest absolute Gasteiger partial charge is 0.330 e. The zero-order valence-electron chi connectivity index (χ0n) is 10.8. The summed E-state index contributed by atoms with van der Waals surface area (Å²) in [6.45, 7) is 4.46. The van der Waals surface area contributed by atoms with E-state index in [9.17, 15) is 13.2 Å². The lowest BCUT2D eigenvalue weighted by Crippen LogP contribution is -2.08. The Hall–Kier alpha value is -1.03. The highest BCUT2D eigenvalue weighted by Gasteiger charge is 2.31. The first kappa shape index (κ1) is 15.0. The minimum atomic E-state index is -4.26. The highest BCUT2D eigenvalue weighted by Crippen LogP contribution is 2.33. The van der Waals surface area contributed by atoms with Crippen LogP contribution in [0, 0.1) is 0 Å². The topological polar surface area (TPSA) is 26.0 Å². The highest BCUT2D eigenvalue weighted by molar-refractivity contribution is 5.35. The molecule has 0 aliphatic carbocycles. The van der Waals surface area contributed by atoms with Gasteiger partial charge in [-0.15, -0.1) is 0 Å². The number of nitrogens with two attached hydrogens (primary N) is 1. The molecule has 0 unspecified atom stereocenters. The molecule has 0 aliphatic rings. The van der Waals surface area contributed by atoms with Crippen LogP contribution in [0.2, 0.25) is 0 Å². The van der Waals surface area contributed by atoms with E-state index < -0.39 is 11.7 Å². The van der Waals surface area contributed by atoms with Gasteiger partial charge in [0.25, 0.3) is 0 Å². The Labute approximate surface area is 106 Å². The molecule has 0 spiro atoms. The molecule has 1 nitrogen and oxygen atoms in total. The average Bonchev–Trinajstić information content (AvgIpc) is 2.28. The van der Waals surface area contributed by atoms with E-state index in [4.69, 9.17) is 5.73 Å². The quantitative estimate of drug-likeness (QED) is 0.791. The predicted molar refractivity (Wildman–Crippen MR) is 67.5 cm³/mol. The van der Waals surface area contributed by atoms with E-state index in [1.54, 1.807) is 6.07 Å². The standard InChI is InChI=1S/C14H20F3N/c1-10(2)13-9-12(14(15,16)17)7-6-11(13)5-3-4-8-18/h6-7,9-10H,3-5,8,18H2,1-2H3. The van der Waals surface area contributed by atoms with Gasteiger partial charge >= 0.3 is 6.18 Å². The summed E-state index contributed by atoms with van der Waals surface area (Å²) in [6.07, 6.45) is -1.65. The molecule has 0 saturated heterocycles. The SMILES string of the molecule is CC(C)c1cc(C(F)(F)F)ccc1CCCCN. The van der Waals surface area contributed by atoms with Gasteiger partial charge in [-0.1, -0.05) is 19.9 Å². The molecule has 1 rings (SSSR count). The van der Waals surface area contributed by atoms with Crippen LogP contribution >= 0.6 is 0 Å². The van der Waals surface area contributed by atoms with Crippen molar-refractivity contribution in [3.8, 4) is 0 Å². The first-order chi connectivity index (χ1) is 8.36. The van der Waals surface area contributed by atoms with Crippen molar-refractivity contribution in [3.05, 3.63) is 34.9 Å². The molecule has 0 saturated carbocycles. The molecule has 0 amide bonds. The van der Waals surface area contributed by atoms with Crippen LogP contribution in [-0.2, 0) is 12.6 Å². The molecule has 4 heteroatoms. The maximum absolute atomic E-state index is 12.7. The van der Waals surface area contributed by atoms with Crippen LogP contribution in [0.15, 0.2) is 18.2 Å². The van der Waals surface area contributed by atoms with E-state index in [0.717, 1.165) is 30.4 Å². The minimum absolute atomic E-state index is 0.0974. The first-order valence-electron chi connectivity index (χ1n) is 6.26. The fourth-order valence-corrected chi connectivity index (χ4v) is 2.00. The zero-order valence-corrected chi connectivity index (χ0v) is 10.8. The van der Waals surface area contributed by atoms with Crippen molar-refractivity contribution in [3.63, 3.8) is 0 Å². The summed E-state index contributed by atoms with van der Waals surface area (Å²) in [4.78, 5) is 0. The number of benzene rings is 1. The van der Waals surface area contributed by atoms with Crippen LogP contribution < -0.4 is 5.73 Å². The maximum Gasteiger partial charge on any atom is 0.416 e. The fraction of sp³-hybridized carbons (Fsp3) is 0.571. The molecule has 0 bridgehead atoms. The predicted octanol–water partition coefficient (Wildman–Crippen LogP) is 4.11. The molecule has 0 heterocycles. The van der Waals surface area contributed by atoms with E-state index in [0.29, 0.717) is 6.54 Å². The number of rotatable bonds is 5. The summed E-state index contributed by atoms with van der Waals surface area (Å²) in [5.41, 5.74) is 6.66. The molecule has 0 aromatic heterocycles. The molecule has 102 valence electrons. The van der Waals surface area contributed by atoms with E-state index >= 15 is 0 Å². The first-order valence-corrected chi connectivity index (χ1v) is 6.26. The second-order valence-corrected chi connectivity index (χ2v) is 4.81. The summed E-state index contributed by atoms with van der Waals surface area (Å²) in [5, 5.41) is 0. The third-order valence-electron chi connectivity index (χ3n) is 3.00. The summed E-state index contributed by atoms with van der Waals surface area (Å²) in [5.74, 6) is 0.0974. The highest BCUT2D eigenvalue weighted by atomic mass is 19.4. The third kappa shape index (κ3) is 4.02. The molecule has 0 radical (unpaired) electrons. The summed E-state index contributed by atoms with van der Waals surface area (Å²) in [7, 11) is 0. The van der Waals surface area contributed by atoms with Gasteiger partial charge in [-0.25, -0.2) is 0 Å². The molecular formula is C14H20F3N. The second-order valence-electron chi connectivity index (χ2n) is 4.81. The van der Waals surface area contributed by atoms with Gasteiger partial charge < -0.3 is 5.73 Å². The lowest BCUT2D eigenvalue weighted by Gasteiger charge is -2.16. The van der Waals surface area contributed by atoms with Crippen LogP contribution in [0.3, 0.4) is 0 Å². The van der Waals surface area contributed by atoms with E-state index in [-0.39, 0.29) is 5.92 Å². The number of aryl methyl sites for hydroxylation is 1.